The second kappa shape index (κ2) is 8.48. The number of halogens is 2. The number of hydrogen-bond acceptors (Lipinski definition) is 3. The van der Waals surface area contributed by atoms with E-state index in [1.54, 1.807) is 30.1 Å². The molecule has 0 saturated heterocycles. The summed E-state index contributed by atoms with van der Waals surface area (Å²) < 4.78 is 5.52. The third-order valence-corrected chi connectivity index (χ3v) is 6.03. The van der Waals surface area contributed by atoms with Gasteiger partial charge < -0.3 is 14.7 Å². The Morgan fingerprint density at radius 1 is 1.03 bits per heavy atom. The van der Waals surface area contributed by atoms with Crippen LogP contribution in [0, 0.1) is 0 Å². The van der Waals surface area contributed by atoms with Gasteiger partial charge in [0, 0.05) is 13.0 Å². The molecule has 2 atom stereocenters. The monoisotopic (exact) mass is 449 g/mol. The molecule has 1 aliphatic rings. The Bertz CT molecular complexity index is 984. The molecule has 7 heteroatoms. The van der Waals surface area contributed by atoms with Crippen LogP contribution in [-0.2, 0) is 4.74 Å². The van der Waals surface area contributed by atoms with Crippen molar-refractivity contribution in [3.8, 4) is 0 Å². The van der Waals surface area contributed by atoms with Crippen LogP contribution in [0.15, 0.2) is 36.4 Å². The van der Waals surface area contributed by atoms with Crippen molar-refractivity contribution in [2.45, 2.75) is 51.2 Å². The highest BCUT2D eigenvalue weighted by Crippen LogP contribution is 2.44. The minimum absolute atomic E-state index is 0.0286. The number of rotatable bonds is 3. The molecule has 0 bridgehead atoms. The van der Waals surface area contributed by atoms with Crippen molar-refractivity contribution < 1.29 is 19.4 Å². The molecule has 1 unspecified atom stereocenters. The quantitative estimate of drug-likeness (QED) is 0.578. The Hall–Kier alpha value is -2.24. The number of carbonyl (C=O) groups is 2. The van der Waals surface area contributed by atoms with Crippen LogP contribution >= 0.6 is 23.2 Å². The minimum atomic E-state index is -1.01. The van der Waals surface area contributed by atoms with Gasteiger partial charge in [0.1, 0.15) is 5.60 Å². The first-order valence-corrected chi connectivity index (χ1v) is 10.5. The zero-order valence-corrected chi connectivity index (χ0v) is 18.9. The molecule has 0 aromatic heterocycles. The van der Waals surface area contributed by atoms with Crippen LogP contribution in [0.4, 0.5) is 4.79 Å². The normalized spacial score (nSPS) is 18.5. The molecule has 5 nitrogen and oxygen atoms in total. The van der Waals surface area contributed by atoms with Gasteiger partial charge in [0.15, 0.2) is 0 Å². The van der Waals surface area contributed by atoms with E-state index in [0.29, 0.717) is 16.5 Å². The molecule has 0 saturated carbocycles. The summed E-state index contributed by atoms with van der Waals surface area (Å²) in [5, 5.41) is 10.4. The topological polar surface area (TPSA) is 66.8 Å². The predicted octanol–water partition coefficient (Wildman–Crippen LogP) is 6.53. The van der Waals surface area contributed by atoms with Crippen molar-refractivity contribution in [1.82, 2.24) is 4.90 Å². The fourth-order valence-corrected chi connectivity index (χ4v) is 4.19. The van der Waals surface area contributed by atoms with Crippen molar-refractivity contribution in [2.24, 2.45) is 0 Å². The Morgan fingerprint density at radius 3 is 2.33 bits per heavy atom. The van der Waals surface area contributed by atoms with E-state index < -0.39 is 17.7 Å². The summed E-state index contributed by atoms with van der Waals surface area (Å²) in [5.74, 6) is -0.978. The molecule has 0 aliphatic heterocycles. The number of carbonyl (C=O) groups excluding carboxylic acids is 1. The smallest absolute Gasteiger partial charge is 0.410 e. The van der Waals surface area contributed by atoms with Gasteiger partial charge in [0.05, 0.1) is 21.7 Å². The van der Waals surface area contributed by atoms with E-state index in [9.17, 15) is 14.7 Å². The molecule has 0 fully saturated rings. The highest BCUT2D eigenvalue weighted by Gasteiger charge is 2.34. The molecule has 2 aromatic carbocycles. The molecule has 0 spiro atoms. The van der Waals surface area contributed by atoms with E-state index in [0.717, 1.165) is 23.1 Å². The van der Waals surface area contributed by atoms with E-state index in [-0.39, 0.29) is 17.5 Å². The molecule has 2 aromatic rings. The third kappa shape index (κ3) is 4.73. The van der Waals surface area contributed by atoms with Gasteiger partial charge in [-0.05, 0) is 74.6 Å². The lowest BCUT2D eigenvalue weighted by molar-refractivity contribution is 0.0202. The lowest BCUT2D eigenvalue weighted by atomic mass is 9.76. The fraction of sp³-hybridized carbons (Fsp3) is 0.391. The zero-order chi connectivity index (χ0) is 22.2. The lowest BCUT2D eigenvalue weighted by Crippen LogP contribution is -2.38. The van der Waals surface area contributed by atoms with Crippen LogP contribution in [0.25, 0.3) is 0 Å². The summed E-state index contributed by atoms with van der Waals surface area (Å²) >= 11 is 12.3. The van der Waals surface area contributed by atoms with Gasteiger partial charge in [0.25, 0.3) is 0 Å². The van der Waals surface area contributed by atoms with Crippen LogP contribution in [-0.4, -0.2) is 34.7 Å². The maximum Gasteiger partial charge on any atom is 0.410 e. The largest absolute Gasteiger partial charge is 0.478 e. The van der Waals surface area contributed by atoms with Crippen molar-refractivity contribution >= 4 is 35.3 Å². The van der Waals surface area contributed by atoms with Crippen molar-refractivity contribution in [2.75, 3.05) is 7.05 Å². The van der Waals surface area contributed by atoms with Gasteiger partial charge in [-0.25, -0.2) is 9.59 Å². The summed E-state index contributed by atoms with van der Waals surface area (Å²) in [6.45, 7) is 5.45. The lowest BCUT2D eigenvalue weighted by Gasteiger charge is -2.37. The number of aromatic carboxylic acids is 1. The molecule has 0 radical (unpaired) electrons. The van der Waals surface area contributed by atoms with Crippen LogP contribution in [0.1, 0.15) is 72.6 Å². The van der Waals surface area contributed by atoms with Gasteiger partial charge in [-0.2, -0.15) is 0 Å². The van der Waals surface area contributed by atoms with Gasteiger partial charge in [-0.15, -0.1) is 0 Å². The molecule has 160 valence electrons. The number of fused-ring (bicyclic) bond motifs is 1. The first-order chi connectivity index (χ1) is 14.0. The fourth-order valence-electron chi connectivity index (χ4n) is 3.89. The second-order valence-electron chi connectivity index (χ2n) is 8.56. The van der Waals surface area contributed by atoms with E-state index in [4.69, 9.17) is 27.9 Å². The van der Waals surface area contributed by atoms with E-state index in [1.165, 1.54) is 0 Å². The van der Waals surface area contributed by atoms with E-state index >= 15 is 0 Å². The van der Waals surface area contributed by atoms with Gasteiger partial charge in [0.2, 0.25) is 0 Å². The van der Waals surface area contributed by atoms with Crippen molar-refractivity contribution in [1.29, 1.82) is 0 Å². The second-order valence-corrected chi connectivity index (χ2v) is 9.37. The highest BCUT2D eigenvalue weighted by atomic mass is 35.5. The minimum Gasteiger partial charge on any atom is -0.478 e. The average molecular weight is 450 g/mol. The Kier molecular flexibility index (Phi) is 6.34. The molecule has 3 rings (SSSR count). The Labute approximate surface area is 186 Å². The molecule has 1 aliphatic carbocycles. The number of ether oxygens (including phenoxy) is 1. The van der Waals surface area contributed by atoms with Crippen molar-refractivity contribution in [3.63, 3.8) is 0 Å². The summed E-state index contributed by atoms with van der Waals surface area (Å²) in [6, 6.07) is 10.4. The maximum atomic E-state index is 12.7. The number of carboxylic acid groups (broad SMARTS) is 1. The number of benzene rings is 2. The van der Waals surface area contributed by atoms with Crippen LogP contribution in [0.5, 0.6) is 0 Å². The molecular weight excluding hydrogens is 425 g/mol. The Balaban J connectivity index is 2.03. The summed E-state index contributed by atoms with van der Waals surface area (Å²) in [6.07, 6.45) is 0.999. The number of hydrogen-bond donors (Lipinski definition) is 1. The number of carboxylic acids is 1. The molecule has 1 amide bonds. The van der Waals surface area contributed by atoms with Crippen LogP contribution in [0.2, 0.25) is 10.0 Å². The summed E-state index contributed by atoms with van der Waals surface area (Å²) in [4.78, 5) is 25.8. The van der Waals surface area contributed by atoms with E-state index in [2.05, 4.69) is 0 Å². The number of nitrogens with zero attached hydrogens (tertiary/aromatic N) is 1. The highest BCUT2D eigenvalue weighted by molar-refractivity contribution is 6.42. The summed E-state index contributed by atoms with van der Waals surface area (Å²) in [7, 11) is 1.69. The first kappa shape index (κ1) is 22.4. The summed E-state index contributed by atoms with van der Waals surface area (Å²) in [5.41, 5.74) is 2.36. The zero-order valence-electron chi connectivity index (χ0n) is 17.4. The Morgan fingerprint density at radius 2 is 1.73 bits per heavy atom. The van der Waals surface area contributed by atoms with Gasteiger partial charge in [-0.1, -0.05) is 35.3 Å². The standard InChI is InChI=1S/C23H25Cl2NO4/c1-23(2,3)30-22(29)26(4)20-10-8-15(13-6-9-18(24)19(25)12-13)16-7-5-14(21(27)28)11-17(16)20/h5-7,9,11-12,15,20H,8,10H2,1-4H3,(H,27,28)/t15?,20-/m0/s1. The van der Waals surface area contributed by atoms with Gasteiger partial charge in [-0.3, -0.25) is 0 Å². The SMILES string of the molecule is CN(C(=O)OC(C)(C)C)[C@H]1CCC(c2ccc(Cl)c(Cl)c2)c2ccc(C(=O)O)cc21. The van der Waals surface area contributed by atoms with Crippen LogP contribution in [0.3, 0.4) is 0 Å². The van der Waals surface area contributed by atoms with E-state index in [1.807, 2.05) is 39.0 Å². The molecule has 1 N–H and O–H groups in total. The van der Waals surface area contributed by atoms with Gasteiger partial charge >= 0.3 is 12.1 Å². The maximum absolute atomic E-state index is 12.7. The third-order valence-electron chi connectivity index (χ3n) is 5.29. The molecule has 0 heterocycles. The first-order valence-electron chi connectivity index (χ1n) is 9.76. The predicted molar refractivity (Wildman–Crippen MR) is 118 cm³/mol. The van der Waals surface area contributed by atoms with Crippen molar-refractivity contribution in [3.05, 3.63) is 68.7 Å². The van der Waals surface area contributed by atoms with Crippen LogP contribution < -0.4 is 0 Å². The number of amides is 1. The average Bonchev–Trinajstić information content (AvgIpc) is 2.67. The molecule has 30 heavy (non-hydrogen) atoms. The molecular formula is C23H25Cl2NO4.